The number of hydrogen-bond donors (Lipinski definition) is 1. The number of hydrogen-bond acceptors (Lipinski definition) is 3. The number of pyridine rings is 1. The normalized spacial score (nSPS) is 10.6. The van der Waals surface area contributed by atoms with Crippen molar-refractivity contribution in [3.63, 3.8) is 0 Å². The molecule has 24 heavy (non-hydrogen) atoms. The van der Waals surface area contributed by atoms with Crippen LogP contribution in [0, 0.1) is 0 Å². The molecule has 0 atom stereocenters. The van der Waals surface area contributed by atoms with Gasteiger partial charge in [-0.15, -0.1) is 0 Å². The molecule has 0 unspecified atom stereocenters. The Labute approximate surface area is 149 Å². The van der Waals surface area contributed by atoms with Gasteiger partial charge in [0.2, 0.25) is 0 Å². The summed E-state index contributed by atoms with van der Waals surface area (Å²) in [5.41, 5.74) is 1.34. The molecule has 0 fully saturated rings. The van der Waals surface area contributed by atoms with Crippen molar-refractivity contribution in [1.29, 1.82) is 0 Å². The smallest absolute Gasteiger partial charge is 0.258 e. The number of amides is 1. The molecule has 0 bridgehead atoms. The van der Waals surface area contributed by atoms with Crippen LogP contribution < -0.4 is 5.32 Å². The van der Waals surface area contributed by atoms with E-state index in [1.165, 1.54) is 6.07 Å². The Kier molecular flexibility index (Phi) is 5.13. The van der Waals surface area contributed by atoms with Gasteiger partial charge < -0.3 is 5.32 Å². The number of aryl methyl sites for hydroxylation is 2. The third-order valence-electron chi connectivity index (χ3n) is 3.38. The largest absolute Gasteiger partial charge is 0.305 e. The van der Waals surface area contributed by atoms with Crippen LogP contribution in [-0.4, -0.2) is 20.7 Å². The van der Waals surface area contributed by atoms with Crippen molar-refractivity contribution in [2.24, 2.45) is 0 Å². The highest BCUT2D eigenvalue weighted by Gasteiger charge is 2.12. The highest BCUT2D eigenvalue weighted by molar-refractivity contribution is 6.37. The lowest BCUT2D eigenvalue weighted by Gasteiger charge is -2.05. The van der Waals surface area contributed by atoms with E-state index in [1.54, 1.807) is 29.1 Å². The van der Waals surface area contributed by atoms with Gasteiger partial charge in [0.25, 0.3) is 5.91 Å². The summed E-state index contributed by atoms with van der Waals surface area (Å²) in [6.07, 6.45) is 4.33. The number of carbonyl (C=O) groups excluding carboxylic acids is 1. The molecule has 0 saturated carbocycles. The fourth-order valence-electron chi connectivity index (χ4n) is 2.19. The van der Waals surface area contributed by atoms with E-state index in [-0.39, 0.29) is 5.91 Å². The molecule has 0 saturated heterocycles. The standard InChI is InChI=1S/C17H14Cl2N4O/c18-12-4-5-14(15(19)11-12)17(24)21-16-7-10-23(22-16)9-6-13-3-1-2-8-20-13/h1-5,7-8,10-11H,6,9H2,(H,21,22,24). The lowest BCUT2D eigenvalue weighted by atomic mass is 10.2. The second kappa shape index (κ2) is 7.47. The van der Waals surface area contributed by atoms with E-state index in [1.807, 2.05) is 24.4 Å². The van der Waals surface area contributed by atoms with Crippen LogP contribution in [0.5, 0.6) is 0 Å². The van der Waals surface area contributed by atoms with Crippen LogP contribution in [0.4, 0.5) is 5.82 Å². The monoisotopic (exact) mass is 360 g/mol. The fraction of sp³-hybridized carbons (Fsp3) is 0.118. The van der Waals surface area contributed by atoms with Crippen molar-refractivity contribution >= 4 is 34.9 Å². The summed E-state index contributed by atoms with van der Waals surface area (Å²) < 4.78 is 1.76. The predicted octanol–water partition coefficient (Wildman–Crippen LogP) is 4.08. The molecule has 0 aliphatic rings. The molecule has 0 aliphatic heterocycles. The molecule has 122 valence electrons. The first-order chi connectivity index (χ1) is 11.6. The molecule has 5 nitrogen and oxygen atoms in total. The van der Waals surface area contributed by atoms with Crippen LogP contribution in [0.3, 0.4) is 0 Å². The molecule has 1 N–H and O–H groups in total. The second-order valence-corrected chi connectivity index (χ2v) is 5.96. The first-order valence-corrected chi connectivity index (χ1v) is 8.07. The van der Waals surface area contributed by atoms with Crippen molar-refractivity contribution in [1.82, 2.24) is 14.8 Å². The van der Waals surface area contributed by atoms with Gasteiger partial charge in [0.15, 0.2) is 5.82 Å². The quantitative estimate of drug-likeness (QED) is 0.745. The number of carbonyl (C=O) groups is 1. The number of benzene rings is 1. The molecule has 0 aliphatic carbocycles. The van der Waals surface area contributed by atoms with Gasteiger partial charge in [-0.2, -0.15) is 5.10 Å². The first kappa shape index (κ1) is 16.5. The van der Waals surface area contributed by atoms with E-state index in [9.17, 15) is 4.79 Å². The second-order valence-electron chi connectivity index (χ2n) is 5.11. The summed E-state index contributed by atoms with van der Waals surface area (Å²) in [5, 5.41) is 7.83. The van der Waals surface area contributed by atoms with Crippen LogP contribution in [0.15, 0.2) is 54.9 Å². The summed E-state index contributed by atoms with van der Waals surface area (Å²) in [4.78, 5) is 16.5. The highest BCUT2D eigenvalue weighted by atomic mass is 35.5. The zero-order chi connectivity index (χ0) is 16.9. The lowest BCUT2D eigenvalue weighted by molar-refractivity contribution is 0.102. The minimum Gasteiger partial charge on any atom is -0.305 e. The van der Waals surface area contributed by atoms with E-state index >= 15 is 0 Å². The highest BCUT2D eigenvalue weighted by Crippen LogP contribution is 2.21. The SMILES string of the molecule is O=C(Nc1ccn(CCc2ccccn2)n1)c1ccc(Cl)cc1Cl. The van der Waals surface area contributed by atoms with Crippen LogP contribution in [-0.2, 0) is 13.0 Å². The van der Waals surface area contributed by atoms with Gasteiger partial charge in [0.1, 0.15) is 0 Å². The summed E-state index contributed by atoms with van der Waals surface area (Å²) in [5.74, 6) is 0.138. The molecule has 3 aromatic rings. The Morgan fingerprint density at radius 3 is 2.79 bits per heavy atom. The lowest BCUT2D eigenvalue weighted by Crippen LogP contribution is -2.13. The minimum atomic E-state index is -0.327. The molecular weight excluding hydrogens is 347 g/mol. The number of aromatic nitrogens is 3. The van der Waals surface area contributed by atoms with E-state index in [0.717, 1.165) is 12.1 Å². The third kappa shape index (κ3) is 4.13. The van der Waals surface area contributed by atoms with Crippen molar-refractivity contribution in [3.8, 4) is 0 Å². The van der Waals surface area contributed by atoms with Gasteiger partial charge in [-0.05, 0) is 30.3 Å². The molecule has 0 radical (unpaired) electrons. The zero-order valence-corrected chi connectivity index (χ0v) is 14.1. The maximum atomic E-state index is 12.2. The Balaban J connectivity index is 1.62. The molecular formula is C17H14Cl2N4O. The third-order valence-corrected chi connectivity index (χ3v) is 3.93. The Morgan fingerprint density at radius 2 is 2.04 bits per heavy atom. The van der Waals surface area contributed by atoms with Crippen LogP contribution >= 0.6 is 23.2 Å². The number of nitrogens with one attached hydrogen (secondary N) is 1. The Hall–Kier alpha value is -2.37. The van der Waals surface area contributed by atoms with E-state index < -0.39 is 0 Å². The number of halogens is 2. The maximum absolute atomic E-state index is 12.2. The topological polar surface area (TPSA) is 59.8 Å². The number of nitrogens with zero attached hydrogens (tertiary/aromatic N) is 3. The predicted molar refractivity (Wildman–Crippen MR) is 94.6 cm³/mol. The molecule has 1 amide bonds. The zero-order valence-electron chi connectivity index (χ0n) is 12.6. The summed E-state index contributed by atoms with van der Waals surface area (Å²) in [7, 11) is 0. The molecule has 2 aromatic heterocycles. The van der Waals surface area contributed by atoms with Gasteiger partial charge in [0, 0.05) is 42.1 Å². The molecule has 2 heterocycles. The van der Waals surface area contributed by atoms with E-state index in [0.29, 0.717) is 28.0 Å². The van der Waals surface area contributed by atoms with E-state index in [4.69, 9.17) is 23.2 Å². The molecule has 3 rings (SSSR count). The van der Waals surface area contributed by atoms with Crippen LogP contribution in [0.25, 0.3) is 0 Å². The van der Waals surface area contributed by atoms with Gasteiger partial charge in [-0.1, -0.05) is 29.3 Å². The summed E-state index contributed by atoms with van der Waals surface area (Å²) in [6.45, 7) is 0.675. The van der Waals surface area contributed by atoms with Crippen molar-refractivity contribution < 1.29 is 4.79 Å². The Morgan fingerprint density at radius 1 is 1.17 bits per heavy atom. The van der Waals surface area contributed by atoms with Crippen LogP contribution in [0.2, 0.25) is 10.0 Å². The summed E-state index contributed by atoms with van der Waals surface area (Å²) in [6, 6.07) is 12.3. The van der Waals surface area contributed by atoms with Crippen LogP contribution in [0.1, 0.15) is 16.1 Å². The minimum absolute atomic E-state index is 0.301. The first-order valence-electron chi connectivity index (χ1n) is 7.31. The average molecular weight is 361 g/mol. The summed E-state index contributed by atoms with van der Waals surface area (Å²) >= 11 is 11.9. The molecule has 1 aromatic carbocycles. The molecule has 0 spiro atoms. The van der Waals surface area contributed by atoms with Gasteiger partial charge in [0.05, 0.1) is 10.6 Å². The van der Waals surface area contributed by atoms with Crippen molar-refractivity contribution in [3.05, 3.63) is 76.2 Å². The van der Waals surface area contributed by atoms with Gasteiger partial charge >= 0.3 is 0 Å². The van der Waals surface area contributed by atoms with Gasteiger partial charge in [-0.25, -0.2) is 0 Å². The maximum Gasteiger partial charge on any atom is 0.258 e. The van der Waals surface area contributed by atoms with Gasteiger partial charge in [-0.3, -0.25) is 14.5 Å². The van der Waals surface area contributed by atoms with Crippen molar-refractivity contribution in [2.45, 2.75) is 13.0 Å². The fourth-order valence-corrected chi connectivity index (χ4v) is 2.68. The average Bonchev–Trinajstić information content (AvgIpc) is 3.01. The Bertz CT molecular complexity index is 849. The van der Waals surface area contributed by atoms with E-state index in [2.05, 4.69) is 15.4 Å². The number of anilines is 1. The van der Waals surface area contributed by atoms with Crippen molar-refractivity contribution in [2.75, 3.05) is 5.32 Å². The number of rotatable bonds is 5. The molecule has 7 heteroatoms.